The van der Waals surface area contributed by atoms with E-state index >= 15 is 0 Å². The van der Waals surface area contributed by atoms with Crippen molar-refractivity contribution in [3.63, 3.8) is 0 Å². The van der Waals surface area contributed by atoms with Crippen LogP contribution in [0.2, 0.25) is 0 Å². The van der Waals surface area contributed by atoms with Gasteiger partial charge in [-0.25, -0.2) is 4.39 Å². The fourth-order valence-corrected chi connectivity index (χ4v) is 2.30. The Morgan fingerprint density at radius 2 is 2.33 bits per heavy atom. The van der Waals surface area contributed by atoms with Gasteiger partial charge in [-0.1, -0.05) is 16.6 Å². The van der Waals surface area contributed by atoms with Crippen molar-refractivity contribution in [1.29, 1.82) is 0 Å². The number of rotatable bonds is 4. The molecule has 0 atom stereocenters. The number of amidine groups is 1. The first kappa shape index (κ1) is 14.9. The molecule has 9 heteroatoms. The number of carbonyl (C=O) groups is 1. The highest BCUT2D eigenvalue weighted by atomic mass is 32.1. The van der Waals surface area contributed by atoms with Crippen LogP contribution in [0.5, 0.6) is 0 Å². The molecule has 0 saturated heterocycles. The minimum absolute atomic E-state index is 0.103. The summed E-state index contributed by atoms with van der Waals surface area (Å²) in [6.07, 6.45) is 0.581. The topological polar surface area (TPSA) is 113 Å². The third-order valence-corrected chi connectivity index (χ3v) is 3.47. The average Bonchev–Trinajstić information content (AvgIpc) is 2.97. The van der Waals surface area contributed by atoms with Crippen molar-refractivity contribution in [2.75, 3.05) is 5.32 Å². The van der Waals surface area contributed by atoms with E-state index in [4.69, 9.17) is 10.9 Å². The molecule has 1 aromatic heterocycles. The molecule has 2 aromatic rings. The van der Waals surface area contributed by atoms with Crippen molar-refractivity contribution in [2.45, 2.75) is 13.3 Å². The highest BCUT2D eigenvalue weighted by Crippen LogP contribution is 2.18. The van der Waals surface area contributed by atoms with Gasteiger partial charge in [0.1, 0.15) is 10.7 Å². The molecule has 0 unspecified atom stereocenters. The zero-order valence-corrected chi connectivity index (χ0v) is 11.8. The van der Waals surface area contributed by atoms with E-state index in [1.54, 1.807) is 0 Å². The van der Waals surface area contributed by atoms with Gasteiger partial charge < -0.3 is 16.3 Å². The number of oxime groups is 1. The first-order valence-electron chi connectivity index (χ1n) is 5.96. The SMILES string of the molecule is CCc1nnsc1C(=O)Nc1ccc(F)c(C(N)=NO)c1. The highest BCUT2D eigenvalue weighted by Gasteiger charge is 2.16. The molecule has 0 aliphatic carbocycles. The summed E-state index contributed by atoms with van der Waals surface area (Å²) >= 11 is 0.984. The normalized spacial score (nSPS) is 11.4. The molecular formula is C12H12FN5O2S. The van der Waals surface area contributed by atoms with Crippen LogP contribution in [-0.2, 0) is 6.42 Å². The van der Waals surface area contributed by atoms with E-state index in [2.05, 4.69) is 20.1 Å². The van der Waals surface area contributed by atoms with Gasteiger partial charge in [-0.15, -0.1) is 5.10 Å². The second kappa shape index (κ2) is 6.27. The van der Waals surface area contributed by atoms with Gasteiger partial charge in [-0.2, -0.15) is 0 Å². The number of hydrogen-bond donors (Lipinski definition) is 3. The van der Waals surface area contributed by atoms with Crippen LogP contribution >= 0.6 is 11.5 Å². The molecule has 0 aliphatic rings. The van der Waals surface area contributed by atoms with E-state index in [0.29, 0.717) is 22.7 Å². The van der Waals surface area contributed by atoms with Crippen molar-refractivity contribution in [3.8, 4) is 0 Å². The van der Waals surface area contributed by atoms with E-state index in [-0.39, 0.29) is 17.3 Å². The summed E-state index contributed by atoms with van der Waals surface area (Å²) in [5, 5.41) is 17.8. The summed E-state index contributed by atoms with van der Waals surface area (Å²) < 4.78 is 17.3. The Bertz CT molecular complexity index is 701. The molecule has 1 aromatic carbocycles. The van der Waals surface area contributed by atoms with Gasteiger partial charge in [0, 0.05) is 5.69 Å². The zero-order valence-electron chi connectivity index (χ0n) is 11.0. The molecule has 2 rings (SSSR count). The third-order valence-electron chi connectivity index (χ3n) is 2.70. The maximum Gasteiger partial charge on any atom is 0.269 e. The van der Waals surface area contributed by atoms with Gasteiger partial charge in [-0.3, -0.25) is 4.79 Å². The van der Waals surface area contributed by atoms with E-state index in [9.17, 15) is 9.18 Å². The maximum absolute atomic E-state index is 13.5. The second-order valence-corrected chi connectivity index (χ2v) is 4.79. The van der Waals surface area contributed by atoms with Gasteiger partial charge in [0.15, 0.2) is 5.84 Å². The molecule has 110 valence electrons. The maximum atomic E-state index is 13.5. The number of amides is 1. The van der Waals surface area contributed by atoms with E-state index in [1.807, 2.05) is 6.92 Å². The molecule has 0 aliphatic heterocycles. The Kier molecular flexibility index (Phi) is 4.43. The lowest BCUT2D eigenvalue weighted by atomic mass is 10.1. The molecule has 21 heavy (non-hydrogen) atoms. The molecule has 1 amide bonds. The van der Waals surface area contributed by atoms with Crippen LogP contribution in [0.3, 0.4) is 0 Å². The lowest BCUT2D eigenvalue weighted by Crippen LogP contribution is -2.17. The van der Waals surface area contributed by atoms with Crippen LogP contribution in [-0.4, -0.2) is 26.5 Å². The first-order chi connectivity index (χ1) is 10.1. The van der Waals surface area contributed by atoms with Crippen molar-refractivity contribution in [2.24, 2.45) is 10.9 Å². The van der Waals surface area contributed by atoms with Crippen LogP contribution in [0.15, 0.2) is 23.4 Å². The second-order valence-electron chi connectivity index (χ2n) is 4.04. The smallest absolute Gasteiger partial charge is 0.269 e. The average molecular weight is 309 g/mol. The molecule has 1 heterocycles. The summed E-state index contributed by atoms with van der Waals surface area (Å²) in [5.41, 5.74) is 6.17. The van der Waals surface area contributed by atoms with Crippen LogP contribution in [0.1, 0.15) is 27.9 Å². The predicted octanol–water partition coefficient (Wildman–Crippen LogP) is 1.59. The molecule has 7 nitrogen and oxygen atoms in total. The summed E-state index contributed by atoms with van der Waals surface area (Å²) in [7, 11) is 0. The number of halogens is 1. The number of benzene rings is 1. The Morgan fingerprint density at radius 3 is 3.00 bits per heavy atom. The lowest BCUT2D eigenvalue weighted by Gasteiger charge is -2.07. The third kappa shape index (κ3) is 3.14. The highest BCUT2D eigenvalue weighted by molar-refractivity contribution is 7.08. The largest absolute Gasteiger partial charge is 0.409 e. The fourth-order valence-electron chi connectivity index (χ4n) is 1.65. The monoisotopic (exact) mass is 309 g/mol. The predicted molar refractivity (Wildman–Crippen MR) is 76.2 cm³/mol. The fraction of sp³-hybridized carbons (Fsp3) is 0.167. The van der Waals surface area contributed by atoms with Crippen molar-refractivity contribution < 1.29 is 14.4 Å². The quantitative estimate of drug-likeness (QED) is 0.343. The molecular weight excluding hydrogens is 297 g/mol. The molecule has 0 radical (unpaired) electrons. The van der Waals surface area contributed by atoms with Crippen molar-refractivity contribution in [3.05, 3.63) is 40.2 Å². The minimum atomic E-state index is -0.656. The molecule has 0 bridgehead atoms. The standard InChI is InChI=1S/C12H12FN5O2S/c1-2-9-10(21-18-16-9)12(19)15-6-3-4-8(13)7(5-6)11(14)17-20/h3-5,20H,2H2,1H3,(H2,14,17)(H,15,19). The van der Waals surface area contributed by atoms with Gasteiger partial charge in [0.25, 0.3) is 5.91 Å². The van der Waals surface area contributed by atoms with Gasteiger partial charge in [0.2, 0.25) is 0 Å². The molecule has 4 N–H and O–H groups in total. The molecule has 0 spiro atoms. The van der Waals surface area contributed by atoms with E-state index < -0.39 is 5.82 Å². The van der Waals surface area contributed by atoms with Crippen LogP contribution < -0.4 is 11.1 Å². The van der Waals surface area contributed by atoms with Crippen LogP contribution in [0.25, 0.3) is 0 Å². The van der Waals surface area contributed by atoms with Crippen molar-refractivity contribution >= 4 is 29.0 Å². The number of hydrogen-bond acceptors (Lipinski definition) is 6. The van der Waals surface area contributed by atoms with Gasteiger partial charge in [0.05, 0.1) is 11.3 Å². The molecule has 0 fully saturated rings. The van der Waals surface area contributed by atoms with E-state index in [1.165, 1.54) is 12.1 Å². The first-order valence-corrected chi connectivity index (χ1v) is 6.74. The minimum Gasteiger partial charge on any atom is -0.409 e. The number of carbonyl (C=O) groups excluding carboxylic acids is 1. The molecule has 0 saturated carbocycles. The zero-order chi connectivity index (χ0) is 15.4. The summed E-state index contributed by atoms with van der Waals surface area (Å²) in [6, 6.07) is 3.78. The Balaban J connectivity index is 2.26. The number of nitrogens with one attached hydrogen (secondary N) is 1. The van der Waals surface area contributed by atoms with Gasteiger partial charge in [-0.05, 0) is 36.2 Å². The Hall–Kier alpha value is -2.55. The number of aryl methyl sites for hydroxylation is 1. The number of anilines is 1. The Labute approximate surface area is 123 Å². The lowest BCUT2D eigenvalue weighted by molar-refractivity contribution is 0.102. The summed E-state index contributed by atoms with van der Waals surface area (Å²) in [6.45, 7) is 1.86. The van der Waals surface area contributed by atoms with Crippen LogP contribution in [0.4, 0.5) is 10.1 Å². The van der Waals surface area contributed by atoms with Crippen LogP contribution in [0, 0.1) is 5.82 Å². The van der Waals surface area contributed by atoms with E-state index in [0.717, 1.165) is 17.6 Å². The van der Waals surface area contributed by atoms with Crippen molar-refractivity contribution in [1.82, 2.24) is 9.59 Å². The summed E-state index contributed by atoms with van der Waals surface area (Å²) in [5.74, 6) is -1.42. The number of aromatic nitrogens is 2. The Morgan fingerprint density at radius 1 is 1.57 bits per heavy atom. The number of nitrogens with zero attached hydrogens (tertiary/aromatic N) is 3. The summed E-state index contributed by atoms with van der Waals surface area (Å²) in [4.78, 5) is 12.5. The number of nitrogens with two attached hydrogens (primary N) is 1. The van der Waals surface area contributed by atoms with Gasteiger partial charge >= 0.3 is 0 Å².